The lowest BCUT2D eigenvalue weighted by Crippen LogP contribution is -1.96. The van der Waals surface area contributed by atoms with Crippen molar-refractivity contribution >= 4 is 23.3 Å². The van der Waals surface area contributed by atoms with Crippen LogP contribution >= 0.6 is 11.6 Å². The molecular weight excluding hydrogens is 310 g/mol. The Bertz CT molecular complexity index is 758. The lowest BCUT2D eigenvalue weighted by molar-refractivity contribution is 0.311. The molecule has 0 bridgehead atoms. The Hall–Kier alpha value is -2.44. The molecule has 0 aromatic heterocycles. The first kappa shape index (κ1) is 16.9. The molecule has 2 rings (SSSR count). The SMILES string of the molecule is CCOc1cc(Cl)c(/C=C(/C#N)c2ccc(C)cc2)cc1OC. The second-order valence-electron chi connectivity index (χ2n) is 4.99. The van der Waals surface area contributed by atoms with Crippen LogP contribution in [0.4, 0.5) is 0 Å². The molecule has 0 saturated heterocycles. The molecule has 3 nitrogen and oxygen atoms in total. The quantitative estimate of drug-likeness (QED) is 0.565. The lowest BCUT2D eigenvalue weighted by atomic mass is 10.0. The molecule has 0 atom stereocenters. The number of nitriles is 1. The summed E-state index contributed by atoms with van der Waals surface area (Å²) in [6, 6.07) is 13.5. The summed E-state index contributed by atoms with van der Waals surface area (Å²) < 4.78 is 10.8. The van der Waals surface area contributed by atoms with E-state index in [0.717, 1.165) is 11.1 Å². The first-order valence-electron chi connectivity index (χ1n) is 7.28. The number of aryl methyl sites for hydroxylation is 1. The van der Waals surface area contributed by atoms with Gasteiger partial charge < -0.3 is 9.47 Å². The fraction of sp³-hybridized carbons (Fsp3) is 0.211. The molecule has 0 fully saturated rings. The predicted octanol–water partition coefficient (Wildman–Crippen LogP) is 5.12. The molecule has 0 amide bonds. The van der Waals surface area contributed by atoms with E-state index in [1.165, 1.54) is 0 Å². The van der Waals surface area contributed by atoms with Crippen LogP contribution in [0.15, 0.2) is 36.4 Å². The second kappa shape index (κ2) is 7.71. The number of hydrogen-bond acceptors (Lipinski definition) is 3. The monoisotopic (exact) mass is 327 g/mol. The summed E-state index contributed by atoms with van der Waals surface area (Å²) in [5.74, 6) is 1.18. The van der Waals surface area contributed by atoms with Crippen molar-refractivity contribution in [3.63, 3.8) is 0 Å². The smallest absolute Gasteiger partial charge is 0.162 e. The molecule has 0 saturated carbocycles. The Morgan fingerprint density at radius 3 is 2.48 bits per heavy atom. The van der Waals surface area contributed by atoms with E-state index in [9.17, 15) is 5.26 Å². The van der Waals surface area contributed by atoms with Gasteiger partial charge in [0, 0.05) is 6.07 Å². The number of hydrogen-bond donors (Lipinski definition) is 0. The highest BCUT2D eigenvalue weighted by atomic mass is 35.5. The number of allylic oxidation sites excluding steroid dienone is 1. The Labute approximate surface area is 141 Å². The minimum Gasteiger partial charge on any atom is -0.493 e. The molecule has 23 heavy (non-hydrogen) atoms. The van der Waals surface area contributed by atoms with Gasteiger partial charge in [-0.05, 0) is 37.1 Å². The van der Waals surface area contributed by atoms with E-state index in [4.69, 9.17) is 21.1 Å². The van der Waals surface area contributed by atoms with Crippen LogP contribution in [0, 0.1) is 18.3 Å². The molecule has 118 valence electrons. The van der Waals surface area contributed by atoms with Gasteiger partial charge >= 0.3 is 0 Å². The Morgan fingerprint density at radius 2 is 1.91 bits per heavy atom. The van der Waals surface area contributed by atoms with Gasteiger partial charge in [0.25, 0.3) is 0 Å². The molecule has 0 radical (unpaired) electrons. The minimum atomic E-state index is 0.508. The molecule has 0 unspecified atom stereocenters. The summed E-state index contributed by atoms with van der Waals surface area (Å²) in [4.78, 5) is 0. The largest absolute Gasteiger partial charge is 0.493 e. The third-order valence-corrected chi connectivity index (χ3v) is 3.69. The highest BCUT2D eigenvalue weighted by Gasteiger charge is 2.10. The zero-order chi connectivity index (χ0) is 16.8. The van der Waals surface area contributed by atoms with Gasteiger partial charge in [-0.25, -0.2) is 0 Å². The van der Waals surface area contributed by atoms with Crippen molar-refractivity contribution < 1.29 is 9.47 Å². The average molecular weight is 328 g/mol. The molecule has 0 N–H and O–H groups in total. The van der Waals surface area contributed by atoms with Crippen LogP contribution in [0.1, 0.15) is 23.6 Å². The summed E-state index contributed by atoms with van der Waals surface area (Å²) in [7, 11) is 1.57. The highest BCUT2D eigenvalue weighted by Crippen LogP contribution is 2.35. The van der Waals surface area contributed by atoms with Crippen molar-refractivity contribution in [1.82, 2.24) is 0 Å². The predicted molar refractivity (Wildman–Crippen MR) is 93.8 cm³/mol. The van der Waals surface area contributed by atoms with Crippen molar-refractivity contribution in [3.8, 4) is 17.6 Å². The molecule has 0 spiro atoms. The molecule has 0 aliphatic rings. The van der Waals surface area contributed by atoms with Gasteiger partial charge in [-0.15, -0.1) is 0 Å². The van der Waals surface area contributed by atoms with Crippen molar-refractivity contribution in [3.05, 3.63) is 58.1 Å². The van der Waals surface area contributed by atoms with E-state index in [0.29, 0.717) is 34.3 Å². The normalized spacial score (nSPS) is 11.0. The van der Waals surface area contributed by atoms with Crippen LogP contribution in [-0.2, 0) is 0 Å². The minimum absolute atomic E-state index is 0.508. The van der Waals surface area contributed by atoms with E-state index < -0.39 is 0 Å². The number of benzene rings is 2. The Kier molecular flexibility index (Phi) is 5.67. The first-order chi connectivity index (χ1) is 11.1. The van der Waals surface area contributed by atoms with Crippen LogP contribution in [0.3, 0.4) is 0 Å². The van der Waals surface area contributed by atoms with E-state index >= 15 is 0 Å². The van der Waals surface area contributed by atoms with Gasteiger partial charge in [0.05, 0.1) is 30.4 Å². The number of nitrogens with zero attached hydrogens (tertiary/aromatic N) is 1. The third kappa shape index (κ3) is 4.06. The van der Waals surface area contributed by atoms with E-state index in [1.807, 2.05) is 38.1 Å². The fourth-order valence-electron chi connectivity index (χ4n) is 2.16. The number of methoxy groups -OCH3 is 1. The molecule has 2 aromatic rings. The molecule has 0 aliphatic heterocycles. The maximum Gasteiger partial charge on any atom is 0.162 e. The second-order valence-corrected chi connectivity index (χ2v) is 5.40. The van der Waals surface area contributed by atoms with Gasteiger partial charge in [-0.3, -0.25) is 0 Å². The van der Waals surface area contributed by atoms with Crippen molar-refractivity contribution in [2.24, 2.45) is 0 Å². The summed E-state index contributed by atoms with van der Waals surface area (Å²) in [6.45, 7) is 4.43. The van der Waals surface area contributed by atoms with Crippen LogP contribution in [0.25, 0.3) is 11.6 Å². The van der Waals surface area contributed by atoms with Crippen LogP contribution in [0.5, 0.6) is 11.5 Å². The van der Waals surface area contributed by atoms with Gasteiger partial charge in [-0.2, -0.15) is 5.26 Å². The summed E-state index contributed by atoms with van der Waals surface area (Å²) in [5.41, 5.74) is 3.25. The third-order valence-electron chi connectivity index (χ3n) is 3.37. The molecule has 4 heteroatoms. The summed E-state index contributed by atoms with van der Waals surface area (Å²) in [5, 5.41) is 9.96. The first-order valence-corrected chi connectivity index (χ1v) is 7.66. The standard InChI is InChI=1S/C19H18ClNO2/c1-4-23-19-11-17(20)15(10-18(19)22-3)9-16(12-21)14-7-5-13(2)6-8-14/h5-11H,4H2,1-3H3/b16-9-. The summed E-state index contributed by atoms with van der Waals surface area (Å²) >= 11 is 6.32. The zero-order valence-corrected chi connectivity index (χ0v) is 14.1. The highest BCUT2D eigenvalue weighted by molar-refractivity contribution is 6.32. The summed E-state index contributed by atoms with van der Waals surface area (Å²) in [6.07, 6.45) is 1.76. The maximum absolute atomic E-state index is 9.45. The molecule has 2 aromatic carbocycles. The van der Waals surface area contributed by atoms with Gasteiger partial charge in [-0.1, -0.05) is 41.4 Å². The van der Waals surface area contributed by atoms with Crippen molar-refractivity contribution in [2.75, 3.05) is 13.7 Å². The van der Waals surface area contributed by atoms with Gasteiger partial charge in [0.2, 0.25) is 0 Å². The fourth-order valence-corrected chi connectivity index (χ4v) is 2.37. The number of rotatable bonds is 5. The topological polar surface area (TPSA) is 42.2 Å². The van der Waals surface area contributed by atoms with Crippen molar-refractivity contribution in [1.29, 1.82) is 5.26 Å². The van der Waals surface area contributed by atoms with E-state index in [1.54, 1.807) is 25.3 Å². The molecule has 0 aliphatic carbocycles. The molecular formula is C19H18ClNO2. The van der Waals surface area contributed by atoms with E-state index in [2.05, 4.69) is 6.07 Å². The Balaban J connectivity index is 2.47. The number of halogens is 1. The van der Waals surface area contributed by atoms with Gasteiger partial charge in [0.1, 0.15) is 0 Å². The zero-order valence-electron chi connectivity index (χ0n) is 13.4. The van der Waals surface area contributed by atoms with Crippen LogP contribution in [-0.4, -0.2) is 13.7 Å². The number of ether oxygens (including phenoxy) is 2. The van der Waals surface area contributed by atoms with E-state index in [-0.39, 0.29) is 0 Å². The van der Waals surface area contributed by atoms with Crippen LogP contribution < -0.4 is 9.47 Å². The van der Waals surface area contributed by atoms with Crippen molar-refractivity contribution in [2.45, 2.75) is 13.8 Å². The lowest BCUT2D eigenvalue weighted by Gasteiger charge is -2.11. The maximum atomic E-state index is 9.45. The van der Waals surface area contributed by atoms with Crippen LogP contribution in [0.2, 0.25) is 5.02 Å². The van der Waals surface area contributed by atoms with Gasteiger partial charge in [0.15, 0.2) is 11.5 Å². The average Bonchev–Trinajstić information content (AvgIpc) is 2.55. The Morgan fingerprint density at radius 1 is 1.22 bits per heavy atom. The molecule has 0 heterocycles.